The van der Waals surface area contributed by atoms with E-state index < -0.39 is 28.9 Å². The van der Waals surface area contributed by atoms with E-state index in [2.05, 4.69) is 5.32 Å². The number of β-lactam (4-membered cyclic amide) rings is 1. The Hall–Kier alpha value is -3.67. The number of rotatable bonds is 9. The number of esters is 2. The summed E-state index contributed by atoms with van der Waals surface area (Å²) in [5, 5.41) is 14.9. The van der Waals surface area contributed by atoms with Gasteiger partial charge in [-0.3, -0.25) is 24.5 Å². The summed E-state index contributed by atoms with van der Waals surface area (Å²) in [6.45, 7) is 4.12. The molecule has 1 saturated heterocycles. The number of nitro benzene ring substituents is 1. The van der Waals surface area contributed by atoms with E-state index in [4.69, 9.17) is 9.47 Å². The van der Waals surface area contributed by atoms with Gasteiger partial charge in [-0.2, -0.15) is 0 Å². The number of nitrogens with zero attached hydrogens (tertiary/aromatic N) is 2. The summed E-state index contributed by atoms with van der Waals surface area (Å²) in [6, 6.07) is 5.22. The van der Waals surface area contributed by atoms with Gasteiger partial charge in [0.05, 0.1) is 16.9 Å². The predicted octanol–water partition coefficient (Wildman–Crippen LogP) is 2.37. The zero-order chi connectivity index (χ0) is 25.0. The second kappa shape index (κ2) is 10.5. The Labute approximate surface area is 199 Å². The molecule has 11 nitrogen and oxygen atoms in total. The van der Waals surface area contributed by atoms with Crippen LogP contribution in [0.2, 0.25) is 0 Å². The number of fused-ring (bicyclic) bond motifs is 1. The molecule has 2 amide bonds. The van der Waals surface area contributed by atoms with Crippen LogP contribution in [0.4, 0.5) is 5.69 Å². The molecule has 12 heteroatoms. The fourth-order valence-electron chi connectivity index (χ4n) is 3.85. The number of thioether (sulfide) groups is 1. The van der Waals surface area contributed by atoms with Crippen LogP contribution in [0.15, 0.2) is 46.5 Å². The van der Waals surface area contributed by atoms with E-state index in [1.807, 2.05) is 0 Å². The number of carbonyl (C=O) groups is 4. The van der Waals surface area contributed by atoms with Crippen LogP contribution in [0.3, 0.4) is 0 Å². The van der Waals surface area contributed by atoms with Gasteiger partial charge in [-0.05, 0) is 30.0 Å². The summed E-state index contributed by atoms with van der Waals surface area (Å²) < 4.78 is 10.6. The third kappa shape index (κ3) is 5.45. The monoisotopic (exact) mass is 489 g/mol. The number of hydrogen-bond acceptors (Lipinski definition) is 9. The third-order valence-electron chi connectivity index (χ3n) is 5.30. The van der Waals surface area contributed by atoms with E-state index in [0.717, 1.165) is 0 Å². The lowest BCUT2D eigenvalue weighted by atomic mass is 9.83. The fraction of sp³-hybridized carbons (Fsp3) is 0.364. The molecular formula is C22H23N3O8S. The number of carbonyl (C=O) groups excluding carboxylic acids is 4. The van der Waals surface area contributed by atoms with Crippen LogP contribution in [0.5, 0.6) is 0 Å². The molecule has 1 aromatic rings. The maximum Gasteiger partial charge on any atom is 0.356 e. The summed E-state index contributed by atoms with van der Waals surface area (Å²) in [4.78, 5) is 60.4. The van der Waals surface area contributed by atoms with E-state index in [9.17, 15) is 29.3 Å². The highest BCUT2D eigenvalue weighted by atomic mass is 32.2. The summed E-state index contributed by atoms with van der Waals surface area (Å²) in [6.07, 6.45) is 1.14. The first-order chi connectivity index (χ1) is 16.1. The molecule has 3 rings (SSSR count). The van der Waals surface area contributed by atoms with Crippen LogP contribution < -0.4 is 5.32 Å². The van der Waals surface area contributed by atoms with Crippen molar-refractivity contribution in [3.8, 4) is 0 Å². The van der Waals surface area contributed by atoms with Crippen molar-refractivity contribution in [3.63, 3.8) is 0 Å². The molecule has 0 unspecified atom stereocenters. The lowest BCUT2D eigenvalue weighted by Gasteiger charge is -2.45. The Balaban J connectivity index is 1.75. The molecule has 2 aliphatic heterocycles. The van der Waals surface area contributed by atoms with Gasteiger partial charge in [0.25, 0.3) is 5.69 Å². The minimum atomic E-state index is -0.719. The van der Waals surface area contributed by atoms with Gasteiger partial charge in [0.1, 0.15) is 18.4 Å². The van der Waals surface area contributed by atoms with E-state index >= 15 is 0 Å². The van der Waals surface area contributed by atoms with Gasteiger partial charge in [0.2, 0.25) is 11.8 Å². The lowest BCUT2D eigenvalue weighted by molar-refractivity contribution is -0.384. The minimum absolute atomic E-state index is 0.0832. The quantitative estimate of drug-likeness (QED) is 0.239. The Morgan fingerprint density at radius 3 is 2.56 bits per heavy atom. The Morgan fingerprint density at radius 2 is 1.97 bits per heavy atom. The van der Waals surface area contributed by atoms with Crippen molar-refractivity contribution in [2.45, 2.75) is 45.9 Å². The minimum Gasteiger partial charge on any atom is -0.462 e. The summed E-state index contributed by atoms with van der Waals surface area (Å²) >= 11 is 1.17. The molecule has 34 heavy (non-hydrogen) atoms. The summed E-state index contributed by atoms with van der Waals surface area (Å²) in [7, 11) is 0. The first kappa shape index (κ1) is 25.0. The number of non-ortho nitro benzene ring substituents is 1. The van der Waals surface area contributed by atoms with Gasteiger partial charge < -0.3 is 19.7 Å². The number of benzene rings is 1. The van der Waals surface area contributed by atoms with Crippen molar-refractivity contribution in [3.05, 3.63) is 62.2 Å². The van der Waals surface area contributed by atoms with E-state index in [1.54, 1.807) is 12.3 Å². The second-order valence-electron chi connectivity index (χ2n) is 7.71. The van der Waals surface area contributed by atoms with Crippen molar-refractivity contribution >= 4 is 41.2 Å². The van der Waals surface area contributed by atoms with Crippen LogP contribution in [-0.2, 0) is 35.3 Å². The molecule has 1 fully saturated rings. The molecule has 3 atom stereocenters. The topological polar surface area (TPSA) is 145 Å². The fourth-order valence-corrected chi connectivity index (χ4v) is 4.71. The largest absolute Gasteiger partial charge is 0.462 e. The van der Waals surface area contributed by atoms with Gasteiger partial charge in [-0.1, -0.05) is 11.8 Å². The highest BCUT2D eigenvalue weighted by Crippen LogP contribution is 2.48. The van der Waals surface area contributed by atoms with Gasteiger partial charge in [0, 0.05) is 43.5 Å². The highest BCUT2D eigenvalue weighted by Gasteiger charge is 2.58. The van der Waals surface area contributed by atoms with Crippen molar-refractivity contribution in [2.75, 3.05) is 0 Å². The van der Waals surface area contributed by atoms with Crippen molar-refractivity contribution in [1.29, 1.82) is 0 Å². The van der Waals surface area contributed by atoms with Crippen molar-refractivity contribution in [2.24, 2.45) is 5.92 Å². The van der Waals surface area contributed by atoms with Gasteiger partial charge in [0.15, 0.2) is 0 Å². The molecule has 0 bridgehead atoms. The standard InChI is InChI=1S/C22H23N3O8S/c1-12(33-14(3)27)19-17-10-18(34-9-8-23-13(2)26)20(24(17)21(19)28)22(29)32-11-15-4-6-16(7-5-15)25(30)31/h4-9,12,17,19H,10-11H2,1-3H3,(H,23,26)/b9-8+/t12-,17+,19+/m0/s1. The van der Waals surface area contributed by atoms with Crippen LogP contribution >= 0.6 is 11.8 Å². The zero-order valence-electron chi connectivity index (χ0n) is 18.7. The molecule has 0 radical (unpaired) electrons. The zero-order valence-corrected chi connectivity index (χ0v) is 19.5. The van der Waals surface area contributed by atoms with Crippen LogP contribution in [0.1, 0.15) is 32.8 Å². The SMILES string of the molecule is CC(=O)N/C=C/SC1=C(C(=O)OCc2ccc([N+](=O)[O-])cc2)N2C(=O)[C@H]([C@H](C)OC(C)=O)[C@H]2C1. The number of nitrogens with one attached hydrogen (secondary N) is 1. The van der Waals surface area contributed by atoms with E-state index in [1.165, 1.54) is 61.0 Å². The molecule has 0 saturated carbocycles. The molecule has 180 valence electrons. The normalized spacial score (nSPS) is 20.0. The Morgan fingerprint density at radius 1 is 1.29 bits per heavy atom. The Bertz CT molecular complexity index is 1080. The molecule has 2 aliphatic rings. The van der Waals surface area contributed by atoms with E-state index in [0.29, 0.717) is 16.9 Å². The first-order valence-corrected chi connectivity index (χ1v) is 11.2. The molecular weight excluding hydrogens is 466 g/mol. The van der Waals surface area contributed by atoms with Gasteiger partial charge >= 0.3 is 11.9 Å². The lowest BCUT2D eigenvalue weighted by Crippen LogP contribution is -2.62. The number of amides is 2. The first-order valence-electron chi connectivity index (χ1n) is 10.3. The number of hydrogen-bond donors (Lipinski definition) is 1. The predicted molar refractivity (Wildman–Crippen MR) is 120 cm³/mol. The number of ether oxygens (including phenoxy) is 2. The average Bonchev–Trinajstić information content (AvgIpc) is 3.08. The van der Waals surface area contributed by atoms with Crippen molar-refractivity contribution in [1.82, 2.24) is 10.2 Å². The Kier molecular flexibility index (Phi) is 7.72. The van der Waals surface area contributed by atoms with Crippen molar-refractivity contribution < 1.29 is 33.6 Å². The average molecular weight is 490 g/mol. The molecule has 0 aromatic heterocycles. The third-order valence-corrected chi connectivity index (χ3v) is 6.22. The van der Waals surface area contributed by atoms with E-state index in [-0.39, 0.29) is 35.8 Å². The summed E-state index contributed by atoms with van der Waals surface area (Å²) in [5.74, 6) is -2.40. The van der Waals surface area contributed by atoms with Crippen LogP contribution in [0.25, 0.3) is 0 Å². The van der Waals surface area contributed by atoms with Gasteiger partial charge in [-0.25, -0.2) is 4.79 Å². The van der Waals surface area contributed by atoms with Crippen LogP contribution in [-0.4, -0.2) is 45.7 Å². The maximum atomic E-state index is 13.0. The highest BCUT2D eigenvalue weighted by molar-refractivity contribution is 8.05. The maximum absolute atomic E-state index is 13.0. The molecule has 0 spiro atoms. The summed E-state index contributed by atoms with van der Waals surface area (Å²) in [5.41, 5.74) is 0.561. The molecule has 2 heterocycles. The molecule has 1 aromatic carbocycles. The molecule has 0 aliphatic carbocycles. The smallest absolute Gasteiger partial charge is 0.356 e. The second-order valence-corrected chi connectivity index (χ2v) is 8.71. The van der Waals surface area contributed by atoms with Gasteiger partial charge in [-0.15, -0.1) is 0 Å². The van der Waals surface area contributed by atoms with Crippen LogP contribution in [0, 0.1) is 16.0 Å². The number of nitro groups is 1. The molecule has 1 N–H and O–H groups in total.